The molecule has 1 saturated heterocycles. The molecule has 0 radical (unpaired) electrons. The monoisotopic (exact) mass is 548 g/mol. The van der Waals surface area contributed by atoms with Crippen molar-refractivity contribution in [1.29, 1.82) is 0 Å². The first kappa shape index (κ1) is 27.8. The van der Waals surface area contributed by atoms with Gasteiger partial charge in [0.25, 0.3) is 8.32 Å². The van der Waals surface area contributed by atoms with Crippen LogP contribution in [0.3, 0.4) is 0 Å². The van der Waals surface area contributed by atoms with E-state index in [0.29, 0.717) is 25.2 Å². The lowest BCUT2D eigenvalue weighted by Gasteiger charge is -2.44. The number of carbonyl (C=O) groups is 1. The van der Waals surface area contributed by atoms with Crippen molar-refractivity contribution in [1.82, 2.24) is 0 Å². The number of allylic oxidation sites excluding steroid dienone is 1. The van der Waals surface area contributed by atoms with Crippen molar-refractivity contribution in [3.63, 3.8) is 0 Å². The Morgan fingerprint density at radius 1 is 1.00 bits per heavy atom. The highest BCUT2D eigenvalue weighted by atomic mass is 28.4. The number of ether oxygens (including phenoxy) is 4. The average Bonchev–Trinajstić information content (AvgIpc) is 3.39. The summed E-state index contributed by atoms with van der Waals surface area (Å²) in [6.45, 7) is 7.95. The van der Waals surface area contributed by atoms with Crippen LogP contribution in [0.25, 0.3) is 0 Å². The third-order valence-electron chi connectivity index (χ3n) is 8.23. The average molecular weight is 549 g/mol. The first-order valence-corrected chi connectivity index (χ1v) is 15.9. The summed E-state index contributed by atoms with van der Waals surface area (Å²) in [4.78, 5) is 12.6. The first-order valence-electron chi connectivity index (χ1n) is 14.0. The van der Waals surface area contributed by atoms with Crippen LogP contribution in [-0.2, 0) is 28.2 Å². The highest BCUT2D eigenvalue weighted by Gasteiger charge is 2.52. The van der Waals surface area contributed by atoms with Gasteiger partial charge in [0.1, 0.15) is 0 Å². The van der Waals surface area contributed by atoms with Crippen LogP contribution >= 0.6 is 0 Å². The maximum absolute atomic E-state index is 12.6. The third-order valence-corrected chi connectivity index (χ3v) is 13.2. The SMILES string of the molecule is COC(=O)C1=CO[C@@H](OC2CCCCO2)[C@@H]2C(CO[Si](c3ccccc3)(c3ccccc3)C(C)(C)C)=CC[C@H]12. The van der Waals surface area contributed by atoms with Gasteiger partial charge >= 0.3 is 5.97 Å². The zero-order chi connectivity index (χ0) is 27.5. The first-order chi connectivity index (χ1) is 18.8. The minimum absolute atomic E-state index is 0.0856. The lowest BCUT2D eigenvalue weighted by Crippen LogP contribution is -2.66. The molecule has 39 heavy (non-hydrogen) atoms. The fourth-order valence-corrected chi connectivity index (χ4v) is 10.9. The largest absolute Gasteiger partial charge is 0.471 e. The Bertz CT molecular complexity index is 1140. The molecule has 1 fully saturated rings. The van der Waals surface area contributed by atoms with E-state index in [1.54, 1.807) is 0 Å². The number of fused-ring (bicyclic) bond motifs is 1. The van der Waals surface area contributed by atoms with Gasteiger partial charge in [0.05, 0.1) is 31.5 Å². The van der Waals surface area contributed by atoms with E-state index in [9.17, 15) is 4.79 Å². The molecule has 6 nitrogen and oxygen atoms in total. The molecule has 1 unspecified atom stereocenters. The van der Waals surface area contributed by atoms with Crippen LogP contribution in [0.2, 0.25) is 5.04 Å². The van der Waals surface area contributed by atoms with Gasteiger partial charge in [-0.25, -0.2) is 4.79 Å². The van der Waals surface area contributed by atoms with Crippen molar-refractivity contribution in [2.45, 2.75) is 64.1 Å². The molecule has 2 aromatic carbocycles. The smallest absolute Gasteiger partial charge is 0.337 e. The predicted molar refractivity (Wildman–Crippen MR) is 153 cm³/mol. The summed E-state index contributed by atoms with van der Waals surface area (Å²) in [6.07, 6.45) is 6.52. The molecule has 1 aliphatic carbocycles. The Hall–Kier alpha value is -2.71. The van der Waals surface area contributed by atoms with Gasteiger partial charge in [-0.15, -0.1) is 0 Å². The van der Waals surface area contributed by atoms with Crippen molar-refractivity contribution >= 4 is 24.7 Å². The maximum atomic E-state index is 12.6. The number of carbonyl (C=O) groups excluding carboxylic acids is 1. The van der Waals surface area contributed by atoms with Gasteiger partial charge in [0, 0.05) is 12.5 Å². The Labute approximate surface area is 233 Å². The van der Waals surface area contributed by atoms with E-state index in [2.05, 4.69) is 87.5 Å². The molecule has 2 aliphatic heterocycles. The minimum Gasteiger partial charge on any atom is -0.471 e. The maximum Gasteiger partial charge on any atom is 0.337 e. The normalized spacial score (nSPS) is 25.2. The van der Waals surface area contributed by atoms with Crippen molar-refractivity contribution in [2.24, 2.45) is 11.8 Å². The summed E-state index contributed by atoms with van der Waals surface area (Å²) < 4.78 is 30.7. The minimum atomic E-state index is -2.74. The van der Waals surface area contributed by atoms with Crippen LogP contribution in [0.15, 0.2) is 84.1 Å². The molecule has 0 amide bonds. The van der Waals surface area contributed by atoms with Crippen LogP contribution < -0.4 is 10.4 Å². The predicted octanol–water partition coefficient (Wildman–Crippen LogP) is 5.08. The second kappa shape index (κ2) is 11.8. The summed E-state index contributed by atoms with van der Waals surface area (Å²) in [6, 6.07) is 21.3. The number of hydrogen-bond donors (Lipinski definition) is 0. The van der Waals surface area contributed by atoms with E-state index >= 15 is 0 Å². The van der Waals surface area contributed by atoms with E-state index in [1.807, 2.05) is 0 Å². The zero-order valence-electron chi connectivity index (χ0n) is 23.4. The van der Waals surface area contributed by atoms with Crippen LogP contribution in [0.1, 0.15) is 46.5 Å². The number of esters is 1. The molecular formula is C32H40O6Si. The molecule has 208 valence electrons. The van der Waals surface area contributed by atoms with Gasteiger partial charge in [-0.05, 0) is 46.7 Å². The molecule has 0 spiro atoms. The van der Waals surface area contributed by atoms with E-state index in [4.69, 9.17) is 23.4 Å². The topological polar surface area (TPSA) is 63.2 Å². The molecule has 0 N–H and O–H groups in total. The summed E-state index contributed by atoms with van der Waals surface area (Å²) in [5.74, 6) is -0.606. The Morgan fingerprint density at radius 3 is 2.23 bits per heavy atom. The standard InChI is InChI=1S/C32H40O6Si/c1-32(2,3)39(24-13-7-5-8-14-24,25-15-9-6-10-16-25)37-21-23-18-19-26-27(30(33)34-4)22-36-31(29(23)26)38-28-17-11-12-20-35-28/h5-10,13-16,18,22,26,28-29,31H,11-12,17,19-21H2,1-4H3/t26-,28?,29-,31+/m1/s1. The Morgan fingerprint density at radius 2 is 1.67 bits per heavy atom. The van der Waals surface area contributed by atoms with Crippen molar-refractivity contribution in [2.75, 3.05) is 20.3 Å². The summed E-state index contributed by atoms with van der Waals surface area (Å²) in [5.41, 5.74) is 1.65. The van der Waals surface area contributed by atoms with Gasteiger partial charge in [-0.2, -0.15) is 0 Å². The molecule has 2 aromatic rings. The van der Waals surface area contributed by atoms with Crippen LogP contribution in [0.4, 0.5) is 0 Å². The highest BCUT2D eigenvalue weighted by molar-refractivity contribution is 6.99. The number of methoxy groups -OCH3 is 1. The van der Waals surface area contributed by atoms with Crippen molar-refractivity contribution < 1.29 is 28.2 Å². The van der Waals surface area contributed by atoms with Crippen LogP contribution in [0, 0.1) is 11.8 Å². The molecule has 4 atom stereocenters. The summed E-state index contributed by atoms with van der Waals surface area (Å²) in [7, 11) is -1.33. The molecule has 3 aliphatic rings. The van der Waals surface area contributed by atoms with Crippen LogP contribution in [-0.4, -0.2) is 47.2 Å². The van der Waals surface area contributed by atoms with Gasteiger partial charge in [-0.1, -0.05) is 87.5 Å². The molecule has 0 aromatic heterocycles. The lowest BCUT2D eigenvalue weighted by atomic mass is 9.83. The number of hydrogen-bond acceptors (Lipinski definition) is 6. The fraction of sp³-hybridized carbons (Fsp3) is 0.469. The van der Waals surface area contributed by atoms with Gasteiger partial charge in [0.15, 0.2) is 6.29 Å². The lowest BCUT2D eigenvalue weighted by molar-refractivity contribution is -0.260. The molecule has 7 heteroatoms. The van der Waals surface area contributed by atoms with E-state index in [0.717, 1.165) is 24.8 Å². The van der Waals surface area contributed by atoms with E-state index in [-0.39, 0.29) is 29.1 Å². The van der Waals surface area contributed by atoms with Crippen molar-refractivity contribution in [3.05, 3.63) is 84.1 Å². The highest BCUT2D eigenvalue weighted by Crippen LogP contribution is 2.45. The molecule has 0 saturated carbocycles. The third kappa shape index (κ3) is 5.50. The molecular weight excluding hydrogens is 508 g/mol. The Kier molecular flexibility index (Phi) is 8.42. The second-order valence-corrected chi connectivity index (χ2v) is 15.9. The van der Waals surface area contributed by atoms with Gasteiger partial charge in [0.2, 0.25) is 6.29 Å². The van der Waals surface area contributed by atoms with E-state index < -0.39 is 14.6 Å². The molecule has 2 heterocycles. The van der Waals surface area contributed by atoms with E-state index in [1.165, 1.54) is 23.7 Å². The quantitative estimate of drug-likeness (QED) is 0.260. The number of rotatable bonds is 8. The second-order valence-electron chi connectivity index (χ2n) is 11.6. The van der Waals surface area contributed by atoms with Crippen molar-refractivity contribution in [3.8, 4) is 0 Å². The fourth-order valence-electron chi connectivity index (χ4n) is 6.33. The molecule has 0 bridgehead atoms. The number of benzene rings is 2. The summed E-state index contributed by atoms with van der Waals surface area (Å²) >= 11 is 0. The van der Waals surface area contributed by atoms with Crippen LogP contribution in [0.5, 0.6) is 0 Å². The zero-order valence-corrected chi connectivity index (χ0v) is 24.4. The molecule has 5 rings (SSSR count). The Balaban J connectivity index is 1.47. The van der Waals surface area contributed by atoms with Gasteiger partial charge < -0.3 is 23.4 Å². The summed E-state index contributed by atoms with van der Waals surface area (Å²) in [5, 5.41) is 2.33. The van der Waals surface area contributed by atoms with Gasteiger partial charge in [-0.3, -0.25) is 0 Å².